The molecule has 1 aromatic carbocycles. The van der Waals surface area contributed by atoms with E-state index >= 15 is 0 Å². The fourth-order valence-corrected chi connectivity index (χ4v) is 3.53. The molecule has 2 aromatic heterocycles. The van der Waals surface area contributed by atoms with Crippen LogP contribution in [0.25, 0.3) is 22.3 Å². The number of rotatable bonds is 5. The lowest BCUT2D eigenvalue weighted by Gasteiger charge is -2.16. The second kappa shape index (κ2) is 7.63. The van der Waals surface area contributed by atoms with Crippen LogP contribution in [0.5, 0.6) is 17.2 Å². The predicted octanol–water partition coefficient (Wildman–Crippen LogP) is 4.46. The highest BCUT2D eigenvalue weighted by molar-refractivity contribution is 7.14. The first kappa shape index (κ1) is 19.9. The maximum absolute atomic E-state index is 12.1. The number of hydrogen-bond donors (Lipinski definition) is 2. The van der Waals surface area contributed by atoms with Gasteiger partial charge in [-0.15, -0.1) is 11.3 Å². The van der Waals surface area contributed by atoms with Crippen molar-refractivity contribution in [1.29, 1.82) is 0 Å². The smallest absolute Gasteiger partial charge is 0.226 e. The van der Waals surface area contributed by atoms with Gasteiger partial charge in [0.15, 0.2) is 16.6 Å². The second-order valence-corrected chi connectivity index (χ2v) is 8.41. The quantitative estimate of drug-likeness (QED) is 0.656. The molecule has 0 radical (unpaired) electrons. The fourth-order valence-electron chi connectivity index (χ4n) is 2.81. The minimum Gasteiger partial charge on any atom is -0.507 e. The summed E-state index contributed by atoms with van der Waals surface area (Å²) in [6.45, 7) is 6.01. The molecule has 0 saturated carbocycles. The molecule has 0 spiro atoms. The van der Waals surface area contributed by atoms with Crippen molar-refractivity contribution in [3.8, 4) is 28.6 Å². The Kier molecular flexibility index (Phi) is 5.42. The number of fused-ring (bicyclic) bond motifs is 1. The van der Waals surface area contributed by atoms with Crippen LogP contribution in [0, 0.1) is 5.41 Å². The van der Waals surface area contributed by atoms with E-state index in [1.54, 1.807) is 30.7 Å². The minimum absolute atomic E-state index is 0.0623. The molecule has 0 aliphatic carbocycles. The maximum atomic E-state index is 12.1. The number of pyridine rings is 1. The van der Waals surface area contributed by atoms with Crippen LogP contribution >= 0.6 is 11.3 Å². The monoisotopic (exact) mass is 401 g/mol. The number of benzene rings is 1. The Bertz CT molecular complexity index is 1020. The van der Waals surface area contributed by atoms with E-state index in [0.717, 1.165) is 0 Å². The van der Waals surface area contributed by atoms with E-state index in [2.05, 4.69) is 15.3 Å². The number of amides is 1. The van der Waals surface area contributed by atoms with Crippen LogP contribution in [0.4, 0.5) is 5.13 Å². The number of methoxy groups -OCH3 is 2. The van der Waals surface area contributed by atoms with Gasteiger partial charge in [-0.1, -0.05) is 20.8 Å². The van der Waals surface area contributed by atoms with Crippen LogP contribution in [-0.4, -0.2) is 35.2 Å². The topological polar surface area (TPSA) is 93.6 Å². The number of aromatic hydroxyl groups is 1. The third-order valence-electron chi connectivity index (χ3n) is 4.00. The largest absolute Gasteiger partial charge is 0.507 e. The normalized spacial score (nSPS) is 11.5. The lowest BCUT2D eigenvalue weighted by Crippen LogP contribution is -2.19. The lowest BCUT2D eigenvalue weighted by molar-refractivity contribution is -0.117. The summed E-state index contributed by atoms with van der Waals surface area (Å²) in [6.07, 6.45) is 0.397. The number of carbonyl (C=O) groups excluding carboxylic acids is 1. The molecule has 3 aromatic rings. The van der Waals surface area contributed by atoms with E-state index in [9.17, 15) is 9.90 Å². The van der Waals surface area contributed by atoms with Crippen LogP contribution in [0.1, 0.15) is 27.2 Å². The summed E-state index contributed by atoms with van der Waals surface area (Å²) in [5.41, 5.74) is 1.40. The van der Waals surface area contributed by atoms with Gasteiger partial charge < -0.3 is 19.9 Å². The molecular weight excluding hydrogens is 378 g/mol. The zero-order valence-electron chi connectivity index (χ0n) is 16.5. The number of anilines is 1. The van der Waals surface area contributed by atoms with Crippen molar-refractivity contribution in [2.75, 3.05) is 19.5 Å². The van der Waals surface area contributed by atoms with Crippen LogP contribution in [0.2, 0.25) is 0 Å². The van der Waals surface area contributed by atoms with Gasteiger partial charge in [-0.05, 0) is 17.5 Å². The van der Waals surface area contributed by atoms with E-state index in [1.165, 1.54) is 18.4 Å². The Morgan fingerprint density at radius 1 is 1.18 bits per heavy atom. The van der Waals surface area contributed by atoms with Gasteiger partial charge in [0.25, 0.3) is 0 Å². The van der Waals surface area contributed by atoms with Crippen LogP contribution < -0.4 is 14.8 Å². The lowest BCUT2D eigenvalue weighted by atomic mass is 9.92. The van der Waals surface area contributed by atoms with Crippen molar-refractivity contribution in [1.82, 2.24) is 9.97 Å². The molecule has 1 amide bonds. The van der Waals surface area contributed by atoms with E-state index in [-0.39, 0.29) is 17.1 Å². The summed E-state index contributed by atoms with van der Waals surface area (Å²) in [4.78, 5) is 21.2. The molecule has 148 valence electrons. The van der Waals surface area contributed by atoms with Gasteiger partial charge in [0.2, 0.25) is 5.91 Å². The van der Waals surface area contributed by atoms with Gasteiger partial charge in [0, 0.05) is 23.3 Å². The number of thiazole rings is 1. The number of ether oxygens (including phenoxy) is 2. The Labute approximate surface area is 167 Å². The number of carbonyl (C=O) groups is 1. The highest BCUT2D eigenvalue weighted by Crippen LogP contribution is 2.39. The van der Waals surface area contributed by atoms with Crippen LogP contribution in [0.15, 0.2) is 23.6 Å². The number of nitrogens with one attached hydrogen (secondary N) is 1. The molecule has 2 heterocycles. The molecule has 28 heavy (non-hydrogen) atoms. The average Bonchev–Trinajstić information content (AvgIpc) is 3.07. The summed E-state index contributed by atoms with van der Waals surface area (Å²) in [5.74, 6) is 0.930. The standard InChI is InChI=1S/C20H23N3O4S/c1-20(2,3)9-16(25)23-19-22-13(10-28-19)12-8-14(24)11-6-7-15(26-4)18(27-5)17(11)21-12/h6-8,10H,9H2,1-5H3,(H,21,24)(H,22,23,25). The highest BCUT2D eigenvalue weighted by atomic mass is 32.1. The van der Waals surface area contributed by atoms with E-state index in [4.69, 9.17) is 9.47 Å². The van der Waals surface area contributed by atoms with Crippen molar-refractivity contribution in [2.45, 2.75) is 27.2 Å². The molecule has 2 N–H and O–H groups in total. The van der Waals surface area contributed by atoms with Gasteiger partial charge >= 0.3 is 0 Å². The van der Waals surface area contributed by atoms with Crippen molar-refractivity contribution in [3.63, 3.8) is 0 Å². The molecule has 0 unspecified atom stereocenters. The van der Waals surface area contributed by atoms with Crippen molar-refractivity contribution in [3.05, 3.63) is 23.6 Å². The first-order valence-electron chi connectivity index (χ1n) is 8.72. The molecule has 3 rings (SSSR count). The summed E-state index contributed by atoms with van der Waals surface area (Å²) < 4.78 is 10.7. The van der Waals surface area contributed by atoms with Crippen molar-refractivity contribution < 1.29 is 19.4 Å². The number of aromatic nitrogens is 2. The van der Waals surface area contributed by atoms with Gasteiger partial charge in [0.05, 0.1) is 19.9 Å². The van der Waals surface area contributed by atoms with E-state index < -0.39 is 0 Å². The van der Waals surface area contributed by atoms with Gasteiger partial charge in [0.1, 0.15) is 17.0 Å². The van der Waals surface area contributed by atoms with E-state index in [1.807, 2.05) is 20.8 Å². The summed E-state index contributed by atoms with van der Waals surface area (Å²) >= 11 is 1.31. The predicted molar refractivity (Wildman–Crippen MR) is 110 cm³/mol. The number of nitrogens with zero attached hydrogens (tertiary/aromatic N) is 2. The molecule has 0 aliphatic rings. The minimum atomic E-state index is -0.106. The summed E-state index contributed by atoms with van der Waals surface area (Å²) in [5, 5.41) is 16.1. The Morgan fingerprint density at radius 2 is 1.93 bits per heavy atom. The number of hydrogen-bond acceptors (Lipinski definition) is 7. The summed E-state index contributed by atoms with van der Waals surface area (Å²) in [7, 11) is 3.06. The molecule has 0 fully saturated rings. The second-order valence-electron chi connectivity index (χ2n) is 7.55. The Hall–Kier alpha value is -2.87. The molecule has 0 atom stereocenters. The van der Waals surface area contributed by atoms with Crippen molar-refractivity contribution in [2.24, 2.45) is 5.41 Å². The van der Waals surface area contributed by atoms with Crippen molar-refractivity contribution >= 4 is 33.3 Å². The van der Waals surface area contributed by atoms with Gasteiger partial charge in [-0.25, -0.2) is 9.97 Å². The first-order chi connectivity index (χ1) is 13.2. The van der Waals surface area contributed by atoms with Crippen LogP contribution in [0.3, 0.4) is 0 Å². The highest BCUT2D eigenvalue weighted by Gasteiger charge is 2.19. The molecule has 7 nitrogen and oxygen atoms in total. The SMILES string of the molecule is COc1ccc2c(O)cc(-c3csc(NC(=O)CC(C)(C)C)n3)nc2c1OC. The molecule has 0 saturated heterocycles. The molecule has 0 bridgehead atoms. The summed E-state index contributed by atoms with van der Waals surface area (Å²) in [6, 6.07) is 4.99. The Balaban J connectivity index is 1.96. The zero-order valence-corrected chi connectivity index (χ0v) is 17.3. The molecular formula is C20H23N3O4S. The molecule has 8 heteroatoms. The zero-order chi connectivity index (χ0) is 20.5. The Morgan fingerprint density at radius 3 is 2.57 bits per heavy atom. The maximum Gasteiger partial charge on any atom is 0.226 e. The fraction of sp³-hybridized carbons (Fsp3) is 0.350. The molecule has 0 aliphatic heterocycles. The van der Waals surface area contributed by atoms with Gasteiger partial charge in [-0.3, -0.25) is 4.79 Å². The van der Waals surface area contributed by atoms with Gasteiger partial charge in [-0.2, -0.15) is 0 Å². The first-order valence-corrected chi connectivity index (χ1v) is 9.60. The average molecular weight is 401 g/mol. The van der Waals surface area contributed by atoms with Crippen LogP contribution in [-0.2, 0) is 4.79 Å². The van der Waals surface area contributed by atoms with E-state index in [0.29, 0.717) is 45.3 Å². The third kappa shape index (κ3) is 4.17. The third-order valence-corrected chi connectivity index (χ3v) is 4.76.